The van der Waals surface area contributed by atoms with Gasteiger partial charge in [0.1, 0.15) is 0 Å². The zero-order valence-corrected chi connectivity index (χ0v) is 17.4. The number of aryl methyl sites for hydroxylation is 1. The number of ether oxygens (including phenoxy) is 2. The molecule has 0 aromatic heterocycles. The zero-order valence-electron chi connectivity index (χ0n) is 17.4. The first-order valence-corrected chi connectivity index (χ1v) is 10.1. The summed E-state index contributed by atoms with van der Waals surface area (Å²) in [5.41, 5.74) is 2.35. The van der Waals surface area contributed by atoms with E-state index in [1.165, 1.54) is 5.56 Å². The highest BCUT2D eigenvalue weighted by Crippen LogP contribution is 2.27. The van der Waals surface area contributed by atoms with Crippen LogP contribution in [0.25, 0.3) is 6.08 Å². The molecule has 0 fully saturated rings. The van der Waals surface area contributed by atoms with Crippen LogP contribution in [0.15, 0.2) is 54.6 Å². The number of nitrogens with one attached hydrogen (secondary N) is 2. The largest absolute Gasteiger partial charge is 0.493 e. The van der Waals surface area contributed by atoms with Crippen LogP contribution >= 0.6 is 0 Å². The normalized spacial score (nSPS) is 10.8. The molecule has 0 unspecified atom stereocenters. The van der Waals surface area contributed by atoms with E-state index in [0.717, 1.165) is 49.4 Å². The molecule has 0 spiro atoms. The lowest BCUT2D eigenvalue weighted by Crippen LogP contribution is -2.27. The summed E-state index contributed by atoms with van der Waals surface area (Å²) in [6, 6.07) is 16.0. The van der Waals surface area contributed by atoms with Gasteiger partial charge in [-0.2, -0.15) is 0 Å². The van der Waals surface area contributed by atoms with Crippen molar-refractivity contribution in [1.29, 1.82) is 0 Å². The van der Waals surface area contributed by atoms with Gasteiger partial charge >= 0.3 is 0 Å². The molecular formula is C24H32N2O3. The first kappa shape index (κ1) is 22.5. The number of carbonyl (C=O) groups is 1. The number of benzene rings is 2. The van der Waals surface area contributed by atoms with Crippen molar-refractivity contribution in [2.24, 2.45) is 0 Å². The van der Waals surface area contributed by atoms with Crippen LogP contribution in [0.3, 0.4) is 0 Å². The van der Waals surface area contributed by atoms with Gasteiger partial charge in [0, 0.05) is 13.0 Å². The molecule has 29 heavy (non-hydrogen) atoms. The van der Waals surface area contributed by atoms with Gasteiger partial charge in [-0.05, 0) is 55.6 Å². The van der Waals surface area contributed by atoms with Crippen LogP contribution in [0.1, 0.15) is 30.4 Å². The molecule has 0 radical (unpaired) electrons. The van der Waals surface area contributed by atoms with Gasteiger partial charge in [0.2, 0.25) is 5.91 Å². The Morgan fingerprint density at radius 2 is 1.69 bits per heavy atom. The minimum Gasteiger partial charge on any atom is -0.493 e. The Balaban J connectivity index is 1.50. The molecule has 2 aromatic carbocycles. The summed E-state index contributed by atoms with van der Waals surface area (Å²) in [4.78, 5) is 11.8. The molecule has 0 bridgehead atoms. The smallest absolute Gasteiger partial charge is 0.223 e. The third-order valence-electron chi connectivity index (χ3n) is 4.53. The van der Waals surface area contributed by atoms with Crippen LogP contribution in [0.2, 0.25) is 0 Å². The molecule has 5 heteroatoms. The topological polar surface area (TPSA) is 59.6 Å². The summed E-state index contributed by atoms with van der Waals surface area (Å²) in [5.74, 6) is 1.59. The first-order valence-electron chi connectivity index (χ1n) is 10.1. The van der Waals surface area contributed by atoms with E-state index in [1.807, 2.05) is 54.6 Å². The minimum absolute atomic E-state index is 0.0608. The molecule has 0 aliphatic carbocycles. The van der Waals surface area contributed by atoms with E-state index >= 15 is 0 Å². The Hall–Kier alpha value is -2.79. The lowest BCUT2D eigenvalue weighted by molar-refractivity contribution is -0.120. The van der Waals surface area contributed by atoms with Gasteiger partial charge in [-0.1, -0.05) is 48.6 Å². The van der Waals surface area contributed by atoms with Gasteiger partial charge in [-0.3, -0.25) is 4.79 Å². The first-order chi connectivity index (χ1) is 14.2. The monoisotopic (exact) mass is 396 g/mol. The number of rotatable bonds is 13. The Morgan fingerprint density at radius 3 is 2.45 bits per heavy atom. The van der Waals surface area contributed by atoms with Crippen molar-refractivity contribution in [3.8, 4) is 11.5 Å². The number of hydrogen-bond donors (Lipinski definition) is 2. The number of amides is 1. The van der Waals surface area contributed by atoms with Gasteiger partial charge in [-0.15, -0.1) is 0 Å². The second kappa shape index (κ2) is 13.4. The molecule has 0 aliphatic rings. The summed E-state index contributed by atoms with van der Waals surface area (Å²) >= 11 is 0. The van der Waals surface area contributed by atoms with Gasteiger partial charge in [0.15, 0.2) is 11.5 Å². The maximum Gasteiger partial charge on any atom is 0.223 e. The van der Waals surface area contributed by atoms with Crippen molar-refractivity contribution in [3.05, 3.63) is 65.7 Å². The molecule has 0 saturated heterocycles. The maximum absolute atomic E-state index is 11.8. The number of methoxy groups -OCH3 is 2. The molecule has 5 nitrogen and oxygen atoms in total. The quantitative estimate of drug-likeness (QED) is 0.505. The van der Waals surface area contributed by atoms with E-state index < -0.39 is 0 Å². The third kappa shape index (κ3) is 8.83. The van der Waals surface area contributed by atoms with Gasteiger partial charge in [0.05, 0.1) is 14.2 Å². The summed E-state index contributed by atoms with van der Waals surface area (Å²) in [5, 5.41) is 6.38. The fraction of sp³-hybridized carbons (Fsp3) is 0.375. The van der Waals surface area contributed by atoms with Crippen LogP contribution < -0.4 is 20.1 Å². The highest BCUT2D eigenvalue weighted by Gasteiger charge is 2.04. The second-order valence-corrected chi connectivity index (χ2v) is 6.76. The summed E-state index contributed by atoms with van der Waals surface area (Å²) in [6.07, 6.45) is 7.23. The van der Waals surface area contributed by atoms with Crippen LogP contribution in [0.4, 0.5) is 0 Å². The Bertz CT molecular complexity index is 760. The molecule has 0 atom stereocenters. The van der Waals surface area contributed by atoms with E-state index in [2.05, 4.69) is 16.7 Å². The van der Waals surface area contributed by atoms with Gasteiger partial charge in [-0.25, -0.2) is 0 Å². The SMILES string of the molecule is COc1ccc(CCCNCCCNC(=O)C/C=C/c2ccccc2)cc1OC. The average molecular weight is 397 g/mol. The van der Waals surface area contributed by atoms with E-state index in [4.69, 9.17) is 9.47 Å². The van der Waals surface area contributed by atoms with Crippen LogP contribution in [-0.4, -0.2) is 39.8 Å². The number of hydrogen-bond acceptors (Lipinski definition) is 4. The van der Waals surface area contributed by atoms with Crippen molar-refractivity contribution in [2.45, 2.75) is 25.7 Å². The van der Waals surface area contributed by atoms with E-state index in [-0.39, 0.29) is 5.91 Å². The van der Waals surface area contributed by atoms with Crippen molar-refractivity contribution in [3.63, 3.8) is 0 Å². The lowest BCUT2D eigenvalue weighted by atomic mass is 10.1. The zero-order chi connectivity index (χ0) is 20.7. The molecule has 0 aliphatic heterocycles. The van der Waals surface area contributed by atoms with Crippen molar-refractivity contribution >= 4 is 12.0 Å². The summed E-state index contributed by atoms with van der Waals surface area (Å²) in [6.45, 7) is 2.54. The molecular weight excluding hydrogens is 364 g/mol. The van der Waals surface area contributed by atoms with Crippen molar-refractivity contribution in [2.75, 3.05) is 33.9 Å². The minimum atomic E-state index is 0.0608. The van der Waals surface area contributed by atoms with E-state index in [0.29, 0.717) is 13.0 Å². The molecule has 2 rings (SSSR count). The fourth-order valence-corrected chi connectivity index (χ4v) is 2.96. The predicted molar refractivity (Wildman–Crippen MR) is 118 cm³/mol. The van der Waals surface area contributed by atoms with E-state index in [9.17, 15) is 4.79 Å². The molecule has 0 saturated carbocycles. The number of carbonyl (C=O) groups excluding carboxylic acids is 1. The summed E-state index contributed by atoms with van der Waals surface area (Å²) in [7, 11) is 3.30. The maximum atomic E-state index is 11.8. The van der Waals surface area contributed by atoms with Gasteiger partial charge < -0.3 is 20.1 Å². The highest BCUT2D eigenvalue weighted by atomic mass is 16.5. The standard InChI is InChI=1S/C24H32N2O3/c1-28-22-15-14-21(19-23(22)29-2)12-7-16-25-17-8-18-26-24(27)13-6-11-20-9-4-3-5-10-20/h3-6,9-11,14-15,19,25H,7-8,12-13,16-18H2,1-2H3,(H,26,27)/b11-6+. The van der Waals surface area contributed by atoms with Crippen molar-refractivity contribution < 1.29 is 14.3 Å². The molecule has 2 aromatic rings. The molecule has 156 valence electrons. The van der Waals surface area contributed by atoms with Crippen LogP contribution in [-0.2, 0) is 11.2 Å². The third-order valence-corrected chi connectivity index (χ3v) is 4.53. The molecule has 2 N–H and O–H groups in total. The van der Waals surface area contributed by atoms with Gasteiger partial charge in [0.25, 0.3) is 0 Å². The Labute approximate surface area is 174 Å². The average Bonchev–Trinajstić information content (AvgIpc) is 2.76. The predicted octanol–water partition coefficient (Wildman–Crippen LogP) is 3.84. The fourth-order valence-electron chi connectivity index (χ4n) is 2.96. The Kier molecular flexibility index (Phi) is 10.4. The lowest BCUT2D eigenvalue weighted by Gasteiger charge is -2.10. The molecule has 1 amide bonds. The van der Waals surface area contributed by atoms with E-state index in [1.54, 1.807) is 14.2 Å². The highest BCUT2D eigenvalue weighted by molar-refractivity contribution is 5.78. The van der Waals surface area contributed by atoms with Crippen molar-refractivity contribution in [1.82, 2.24) is 10.6 Å². The second-order valence-electron chi connectivity index (χ2n) is 6.76. The van der Waals surface area contributed by atoms with Crippen LogP contribution in [0, 0.1) is 0 Å². The molecule has 0 heterocycles. The Morgan fingerprint density at radius 1 is 0.931 bits per heavy atom. The van der Waals surface area contributed by atoms with Crippen LogP contribution in [0.5, 0.6) is 11.5 Å². The summed E-state index contributed by atoms with van der Waals surface area (Å²) < 4.78 is 10.6.